The van der Waals surface area contributed by atoms with E-state index in [1.54, 1.807) is 36.4 Å². The van der Waals surface area contributed by atoms with Crippen molar-refractivity contribution in [3.8, 4) is 17.2 Å². The van der Waals surface area contributed by atoms with Crippen molar-refractivity contribution in [2.24, 2.45) is 0 Å². The van der Waals surface area contributed by atoms with E-state index in [-0.39, 0.29) is 28.7 Å². The number of aromatic nitrogens is 2. The first kappa shape index (κ1) is 15.8. The van der Waals surface area contributed by atoms with E-state index in [2.05, 4.69) is 10.4 Å². The maximum absolute atomic E-state index is 11.2. The van der Waals surface area contributed by atoms with Crippen molar-refractivity contribution in [1.82, 2.24) is 9.78 Å². The zero-order chi connectivity index (χ0) is 17.1. The lowest BCUT2D eigenvalue weighted by molar-refractivity contribution is 0.0698. The van der Waals surface area contributed by atoms with Gasteiger partial charge in [-0.3, -0.25) is 0 Å². The Balaban J connectivity index is 1.84. The fourth-order valence-electron chi connectivity index (χ4n) is 2.15. The smallest absolute Gasteiger partial charge is 0.337 e. The molecule has 0 saturated carbocycles. The summed E-state index contributed by atoms with van der Waals surface area (Å²) in [6.07, 6.45) is 0. The minimum absolute atomic E-state index is 0.0325. The Morgan fingerprint density at radius 1 is 1.21 bits per heavy atom. The van der Waals surface area contributed by atoms with Gasteiger partial charge in [-0.1, -0.05) is 24.3 Å². The number of carboxylic acid groups (broad SMARTS) is 1. The van der Waals surface area contributed by atoms with E-state index >= 15 is 0 Å². The van der Waals surface area contributed by atoms with Gasteiger partial charge in [-0.2, -0.15) is 0 Å². The molecular weight excluding hydrogens is 330 g/mol. The molecule has 0 spiro atoms. The van der Waals surface area contributed by atoms with E-state index in [1.165, 1.54) is 16.8 Å². The molecule has 24 heavy (non-hydrogen) atoms. The van der Waals surface area contributed by atoms with Crippen LogP contribution in [0.3, 0.4) is 0 Å². The monoisotopic (exact) mass is 343 g/mol. The van der Waals surface area contributed by atoms with Crippen molar-refractivity contribution in [2.45, 2.75) is 6.67 Å². The van der Waals surface area contributed by atoms with Crippen LogP contribution in [-0.4, -0.2) is 26.0 Å². The highest BCUT2D eigenvalue weighted by Gasteiger charge is 2.13. The van der Waals surface area contributed by atoms with Crippen molar-refractivity contribution in [3.63, 3.8) is 0 Å². The quantitative estimate of drug-likeness (QED) is 0.611. The van der Waals surface area contributed by atoms with E-state index in [0.29, 0.717) is 11.3 Å². The topological polar surface area (TPSA) is 101 Å². The van der Waals surface area contributed by atoms with Crippen LogP contribution in [-0.2, 0) is 6.67 Å². The number of phenolic OH excluding ortho intramolecular Hbond substituents is 1. The molecule has 3 rings (SSSR count). The first-order valence-electron chi connectivity index (χ1n) is 6.99. The van der Waals surface area contributed by atoms with Crippen LogP contribution in [0, 0.1) is 4.84 Å². The maximum Gasteiger partial charge on any atom is 0.337 e. The Kier molecular flexibility index (Phi) is 4.30. The van der Waals surface area contributed by atoms with Gasteiger partial charge in [0.2, 0.25) is 0 Å². The predicted octanol–water partition coefficient (Wildman–Crippen LogP) is 3.35. The second-order valence-electron chi connectivity index (χ2n) is 4.88. The van der Waals surface area contributed by atoms with Gasteiger partial charge in [0.25, 0.3) is 10.7 Å². The number of phenols is 1. The Morgan fingerprint density at radius 3 is 2.67 bits per heavy atom. The van der Waals surface area contributed by atoms with Gasteiger partial charge in [0, 0.05) is 0 Å². The fraction of sp³-hybridized carbons (Fsp3) is 0.0625. The molecule has 1 aromatic heterocycles. The van der Waals surface area contributed by atoms with Crippen LogP contribution in [0.2, 0.25) is 0 Å². The largest absolute Gasteiger partial charge is 0.507 e. The van der Waals surface area contributed by atoms with E-state index in [1.807, 2.05) is 0 Å². The zero-order valence-corrected chi connectivity index (χ0v) is 13.2. The standard InChI is InChI=1S/C16H13N3O4S/c20-13-8-4-2-6-11(13)14-18-19(16(24)23-14)9-17-12-7-3-1-5-10(12)15(21)22/h1-8,17,20H,9H2,(H,21,22). The number of nitrogens with one attached hydrogen (secondary N) is 1. The number of hydrogen-bond donors (Lipinski definition) is 3. The Morgan fingerprint density at radius 2 is 1.92 bits per heavy atom. The van der Waals surface area contributed by atoms with Crippen LogP contribution < -0.4 is 5.32 Å². The number of benzene rings is 2. The Labute approximate surface area is 141 Å². The van der Waals surface area contributed by atoms with Crippen molar-refractivity contribution < 1.29 is 19.4 Å². The maximum atomic E-state index is 11.2. The summed E-state index contributed by atoms with van der Waals surface area (Å²) < 4.78 is 6.77. The first-order valence-corrected chi connectivity index (χ1v) is 7.39. The molecule has 0 amide bonds. The van der Waals surface area contributed by atoms with Crippen LogP contribution in [0.15, 0.2) is 52.9 Å². The average Bonchev–Trinajstić information content (AvgIpc) is 2.94. The molecule has 2 aromatic carbocycles. The summed E-state index contributed by atoms with van der Waals surface area (Å²) in [4.78, 5) is 11.3. The van der Waals surface area contributed by atoms with E-state index in [0.717, 1.165) is 0 Å². The summed E-state index contributed by atoms with van der Waals surface area (Å²) in [5.41, 5.74) is 1.01. The SMILES string of the molecule is O=C(O)c1ccccc1NCn1nc(-c2ccccc2O)oc1=S. The van der Waals surface area contributed by atoms with Gasteiger partial charge in [-0.25, -0.2) is 9.48 Å². The lowest BCUT2D eigenvalue weighted by Crippen LogP contribution is -2.12. The molecule has 7 nitrogen and oxygen atoms in total. The molecule has 0 fully saturated rings. The highest BCUT2D eigenvalue weighted by molar-refractivity contribution is 7.71. The average molecular weight is 343 g/mol. The number of anilines is 1. The summed E-state index contributed by atoms with van der Waals surface area (Å²) in [5.74, 6) is -0.812. The van der Waals surface area contributed by atoms with Gasteiger partial charge in [-0.15, -0.1) is 5.10 Å². The number of carbonyl (C=O) groups is 1. The molecular formula is C16H13N3O4S. The number of rotatable bonds is 5. The molecule has 0 aliphatic rings. The van der Waals surface area contributed by atoms with Gasteiger partial charge in [0.05, 0.1) is 16.8 Å². The molecule has 0 bridgehead atoms. The van der Waals surface area contributed by atoms with Crippen LogP contribution in [0.5, 0.6) is 5.75 Å². The van der Waals surface area contributed by atoms with E-state index in [9.17, 15) is 15.0 Å². The lowest BCUT2D eigenvalue weighted by Gasteiger charge is -2.08. The molecule has 0 aliphatic carbocycles. The third kappa shape index (κ3) is 3.13. The molecule has 122 valence electrons. The van der Waals surface area contributed by atoms with Gasteiger partial charge in [0.1, 0.15) is 12.4 Å². The predicted molar refractivity (Wildman–Crippen MR) is 89.5 cm³/mol. The number of aromatic carboxylic acids is 1. The van der Waals surface area contributed by atoms with Crippen LogP contribution in [0.1, 0.15) is 10.4 Å². The van der Waals surface area contributed by atoms with Crippen molar-refractivity contribution >= 4 is 23.9 Å². The second kappa shape index (κ2) is 6.55. The molecule has 0 saturated heterocycles. The van der Waals surface area contributed by atoms with Gasteiger partial charge < -0.3 is 19.9 Å². The number of hydrogen-bond acceptors (Lipinski definition) is 6. The summed E-state index contributed by atoms with van der Waals surface area (Å²) >= 11 is 5.11. The summed E-state index contributed by atoms with van der Waals surface area (Å²) in [5, 5.41) is 26.2. The zero-order valence-electron chi connectivity index (χ0n) is 12.3. The third-order valence-electron chi connectivity index (χ3n) is 3.32. The van der Waals surface area contributed by atoms with Crippen molar-refractivity contribution in [3.05, 3.63) is 58.9 Å². The summed E-state index contributed by atoms with van der Waals surface area (Å²) in [7, 11) is 0. The minimum Gasteiger partial charge on any atom is -0.507 e. The molecule has 0 unspecified atom stereocenters. The minimum atomic E-state index is -1.03. The van der Waals surface area contributed by atoms with Crippen LogP contribution >= 0.6 is 12.2 Å². The van der Waals surface area contributed by atoms with Gasteiger partial charge >= 0.3 is 5.97 Å². The summed E-state index contributed by atoms with van der Waals surface area (Å²) in [6, 6.07) is 13.1. The molecule has 0 aliphatic heterocycles. The number of para-hydroxylation sites is 2. The Hall–Kier alpha value is -3.13. The molecule has 8 heteroatoms. The second-order valence-corrected chi connectivity index (χ2v) is 5.22. The van der Waals surface area contributed by atoms with Crippen LogP contribution in [0.4, 0.5) is 5.69 Å². The highest BCUT2D eigenvalue weighted by Crippen LogP contribution is 2.27. The molecule has 0 radical (unpaired) electrons. The highest BCUT2D eigenvalue weighted by atomic mass is 32.1. The molecule has 3 N–H and O–H groups in total. The molecule has 3 aromatic rings. The van der Waals surface area contributed by atoms with E-state index in [4.69, 9.17) is 16.6 Å². The number of nitrogens with zero attached hydrogens (tertiary/aromatic N) is 2. The molecule has 0 atom stereocenters. The number of aromatic hydroxyl groups is 1. The van der Waals surface area contributed by atoms with Gasteiger partial charge in [0.15, 0.2) is 0 Å². The lowest BCUT2D eigenvalue weighted by atomic mass is 10.2. The van der Waals surface area contributed by atoms with E-state index < -0.39 is 5.97 Å². The Bertz CT molecular complexity index is 948. The van der Waals surface area contributed by atoms with Crippen LogP contribution in [0.25, 0.3) is 11.5 Å². The summed E-state index contributed by atoms with van der Waals surface area (Å²) in [6.45, 7) is 0.125. The third-order valence-corrected chi connectivity index (χ3v) is 3.61. The normalized spacial score (nSPS) is 10.5. The number of carboxylic acids is 1. The fourth-order valence-corrected chi connectivity index (χ4v) is 2.34. The molecule has 1 heterocycles. The van der Waals surface area contributed by atoms with Crippen molar-refractivity contribution in [1.29, 1.82) is 0 Å². The van der Waals surface area contributed by atoms with Crippen molar-refractivity contribution in [2.75, 3.05) is 5.32 Å². The first-order chi connectivity index (χ1) is 11.6. The van der Waals surface area contributed by atoms with Gasteiger partial charge in [-0.05, 0) is 36.5 Å².